The van der Waals surface area contributed by atoms with Crippen LogP contribution >= 0.6 is 11.6 Å². The summed E-state index contributed by atoms with van der Waals surface area (Å²) in [7, 11) is -2.62. The van der Waals surface area contributed by atoms with Gasteiger partial charge in [0.15, 0.2) is 0 Å². The zero-order chi connectivity index (χ0) is 30.1. The van der Waals surface area contributed by atoms with Gasteiger partial charge in [0, 0.05) is 17.6 Å². The average Bonchev–Trinajstić information content (AvgIpc) is 3.01. The number of carbonyl (C=O) groups is 2. The molecule has 1 fully saturated rings. The molecule has 1 saturated carbocycles. The number of ether oxygens (including phenoxy) is 1. The van der Waals surface area contributed by atoms with Crippen molar-refractivity contribution in [2.24, 2.45) is 0 Å². The summed E-state index contributed by atoms with van der Waals surface area (Å²) in [5.74, 6) is -0.212. The molecular formula is C32H38ClN3O5S. The summed E-state index contributed by atoms with van der Waals surface area (Å²) in [6.45, 7) is 1.39. The van der Waals surface area contributed by atoms with Crippen molar-refractivity contribution in [1.82, 2.24) is 10.2 Å². The van der Waals surface area contributed by atoms with Gasteiger partial charge in [0.1, 0.15) is 18.3 Å². The zero-order valence-corrected chi connectivity index (χ0v) is 25.6. The van der Waals surface area contributed by atoms with E-state index in [0.29, 0.717) is 28.4 Å². The van der Waals surface area contributed by atoms with Crippen molar-refractivity contribution in [3.63, 3.8) is 0 Å². The van der Waals surface area contributed by atoms with Crippen LogP contribution in [0.5, 0.6) is 5.75 Å². The number of methoxy groups -OCH3 is 1. The minimum atomic E-state index is -4.14. The maximum absolute atomic E-state index is 14.2. The van der Waals surface area contributed by atoms with Gasteiger partial charge in [0.2, 0.25) is 11.8 Å². The fourth-order valence-corrected chi connectivity index (χ4v) is 6.90. The molecule has 10 heteroatoms. The molecule has 1 aliphatic carbocycles. The number of halogens is 1. The first-order valence-corrected chi connectivity index (χ1v) is 16.1. The van der Waals surface area contributed by atoms with Gasteiger partial charge in [-0.1, -0.05) is 74.2 Å². The van der Waals surface area contributed by atoms with E-state index in [9.17, 15) is 18.0 Å². The number of hydrogen-bond donors (Lipinski definition) is 1. The molecule has 0 heterocycles. The number of sulfonamides is 1. The molecule has 1 aliphatic rings. The Balaban J connectivity index is 1.70. The van der Waals surface area contributed by atoms with Crippen LogP contribution < -0.4 is 14.4 Å². The fraction of sp³-hybridized carbons (Fsp3) is 0.375. The number of hydrogen-bond acceptors (Lipinski definition) is 5. The molecule has 42 heavy (non-hydrogen) atoms. The highest BCUT2D eigenvalue weighted by Crippen LogP contribution is 2.27. The van der Waals surface area contributed by atoms with E-state index in [0.717, 1.165) is 36.4 Å². The first-order valence-electron chi connectivity index (χ1n) is 14.3. The van der Waals surface area contributed by atoms with E-state index in [-0.39, 0.29) is 23.4 Å². The van der Waals surface area contributed by atoms with E-state index in [4.69, 9.17) is 16.3 Å². The lowest BCUT2D eigenvalue weighted by atomic mass is 9.95. The van der Waals surface area contributed by atoms with Gasteiger partial charge in [-0.3, -0.25) is 13.9 Å². The highest BCUT2D eigenvalue weighted by molar-refractivity contribution is 7.92. The standard InChI is InChI=1S/C32H38ClN3O5S/c1-3-30(32(38)34-25-13-6-4-7-14-25)35(22-24-12-10-11-17-29(24)33)31(37)23-36(26-18-20-27(41-2)21-19-26)42(39,40)28-15-8-5-9-16-28/h5,8-12,15-21,25,30H,3-4,6-7,13-14,22-23H2,1-2H3,(H,34,38)/t30-/m1/s1. The summed E-state index contributed by atoms with van der Waals surface area (Å²) >= 11 is 6.48. The molecule has 0 bridgehead atoms. The van der Waals surface area contributed by atoms with Crippen LogP contribution in [0.1, 0.15) is 51.0 Å². The predicted octanol–water partition coefficient (Wildman–Crippen LogP) is 5.80. The Morgan fingerprint density at radius 1 is 0.952 bits per heavy atom. The molecule has 3 aromatic carbocycles. The molecule has 0 unspecified atom stereocenters. The summed E-state index contributed by atoms with van der Waals surface area (Å²) in [4.78, 5) is 29.3. The van der Waals surface area contributed by atoms with Crippen LogP contribution in [0.4, 0.5) is 5.69 Å². The van der Waals surface area contributed by atoms with Crippen LogP contribution in [0.2, 0.25) is 5.02 Å². The SMILES string of the molecule is CC[C@H](C(=O)NC1CCCCC1)N(Cc1ccccc1Cl)C(=O)CN(c1ccc(OC)cc1)S(=O)(=O)c1ccccc1. The van der Waals surface area contributed by atoms with Gasteiger partial charge in [-0.2, -0.15) is 0 Å². The van der Waals surface area contributed by atoms with E-state index in [2.05, 4.69) is 5.32 Å². The monoisotopic (exact) mass is 611 g/mol. The second-order valence-electron chi connectivity index (χ2n) is 10.4. The summed E-state index contributed by atoms with van der Waals surface area (Å²) < 4.78 is 34.2. The lowest BCUT2D eigenvalue weighted by Crippen LogP contribution is -2.54. The molecule has 0 aromatic heterocycles. The smallest absolute Gasteiger partial charge is 0.264 e. The molecule has 0 saturated heterocycles. The first-order chi connectivity index (χ1) is 20.2. The fourth-order valence-electron chi connectivity index (χ4n) is 5.27. The van der Waals surface area contributed by atoms with Gasteiger partial charge in [-0.25, -0.2) is 8.42 Å². The largest absolute Gasteiger partial charge is 0.497 e. The van der Waals surface area contributed by atoms with Crippen LogP contribution in [0.3, 0.4) is 0 Å². The summed E-state index contributed by atoms with van der Waals surface area (Å²) in [5.41, 5.74) is 0.962. The molecule has 2 amide bonds. The molecular weight excluding hydrogens is 574 g/mol. The molecule has 0 aliphatic heterocycles. The third kappa shape index (κ3) is 7.63. The second kappa shape index (κ2) is 14.6. The Hall–Kier alpha value is -3.56. The van der Waals surface area contributed by atoms with Crippen molar-refractivity contribution in [1.29, 1.82) is 0 Å². The maximum atomic E-state index is 14.2. The Morgan fingerprint density at radius 2 is 1.60 bits per heavy atom. The van der Waals surface area contributed by atoms with Gasteiger partial charge in [-0.15, -0.1) is 0 Å². The quantitative estimate of drug-likeness (QED) is 0.279. The van der Waals surface area contributed by atoms with Crippen LogP contribution in [0.15, 0.2) is 83.8 Å². The summed E-state index contributed by atoms with van der Waals surface area (Å²) in [6, 6.07) is 20.8. The third-order valence-corrected chi connectivity index (χ3v) is 9.76. The van der Waals surface area contributed by atoms with Crippen molar-refractivity contribution in [3.05, 3.63) is 89.4 Å². The Morgan fingerprint density at radius 3 is 2.21 bits per heavy atom. The van der Waals surface area contributed by atoms with Gasteiger partial charge >= 0.3 is 0 Å². The predicted molar refractivity (Wildman–Crippen MR) is 165 cm³/mol. The van der Waals surface area contributed by atoms with Gasteiger partial charge in [0.25, 0.3) is 10.0 Å². The number of nitrogens with zero attached hydrogens (tertiary/aromatic N) is 2. The summed E-state index contributed by atoms with van der Waals surface area (Å²) in [5, 5.41) is 3.61. The Labute approximate surface area is 253 Å². The van der Waals surface area contributed by atoms with E-state index in [1.54, 1.807) is 60.7 Å². The minimum Gasteiger partial charge on any atom is -0.497 e. The number of rotatable bonds is 12. The lowest BCUT2D eigenvalue weighted by Gasteiger charge is -2.34. The average molecular weight is 612 g/mol. The topological polar surface area (TPSA) is 96.0 Å². The number of nitrogens with one attached hydrogen (secondary N) is 1. The normalized spacial score (nSPS) is 14.5. The van der Waals surface area contributed by atoms with Crippen LogP contribution in [-0.4, -0.2) is 50.9 Å². The van der Waals surface area contributed by atoms with Gasteiger partial charge in [0.05, 0.1) is 17.7 Å². The second-order valence-corrected chi connectivity index (χ2v) is 12.7. The van der Waals surface area contributed by atoms with E-state index in [1.807, 2.05) is 13.0 Å². The van der Waals surface area contributed by atoms with Crippen molar-refractivity contribution in [3.8, 4) is 5.75 Å². The first kappa shape index (κ1) is 31.4. The van der Waals surface area contributed by atoms with Crippen molar-refractivity contribution >= 4 is 39.1 Å². The van der Waals surface area contributed by atoms with Crippen LogP contribution in [0, 0.1) is 0 Å². The van der Waals surface area contributed by atoms with Gasteiger partial charge < -0.3 is 15.0 Å². The van der Waals surface area contributed by atoms with Crippen LogP contribution in [-0.2, 0) is 26.2 Å². The summed E-state index contributed by atoms with van der Waals surface area (Å²) in [6.07, 6.45) is 5.42. The number of anilines is 1. The highest BCUT2D eigenvalue weighted by Gasteiger charge is 2.34. The molecule has 224 valence electrons. The number of amides is 2. The van der Waals surface area contributed by atoms with Crippen molar-refractivity contribution in [2.75, 3.05) is 18.0 Å². The van der Waals surface area contributed by atoms with Crippen LogP contribution in [0.25, 0.3) is 0 Å². The van der Waals surface area contributed by atoms with E-state index < -0.39 is 28.5 Å². The highest BCUT2D eigenvalue weighted by atomic mass is 35.5. The Bertz CT molecular complexity index is 1440. The number of benzene rings is 3. The molecule has 1 atom stereocenters. The molecule has 0 radical (unpaired) electrons. The van der Waals surface area contributed by atoms with Gasteiger partial charge in [-0.05, 0) is 67.3 Å². The van der Waals surface area contributed by atoms with E-state index in [1.165, 1.54) is 24.1 Å². The molecule has 0 spiro atoms. The van der Waals surface area contributed by atoms with E-state index >= 15 is 0 Å². The van der Waals surface area contributed by atoms with Crippen molar-refractivity contribution < 1.29 is 22.7 Å². The minimum absolute atomic E-state index is 0.0494. The third-order valence-electron chi connectivity index (χ3n) is 7.61. The molecule has 4 rings (SSSR count). The zero-order valence-electron chi connectivity index (χ0n) is 24.0. The number of carbonyl (C=O) groups excluding carboxylic acids is 2. The van der Waals surface area contributed by atoms with Crippen molar-refractivity contribution in [2.45, 2.75) is 69.0 Å². The molecule has 3 aromatic rings. The molecule has 1 N–H and O–H groups in total. The Kier molecular flexibility index (Phi) is 10.9. The molecule has 8 nitrogen and oxygen atoms in total. The lowest BCUT2D eigenvalue weighted by molar-refractivity contribution is -0.140. The maximum Gasteiger partial charge on any atom is 0.264 e.